The molecule has 0 aromatic carbocycles. The van der Waals surface area contributed by atoms with Gasteiger partial charge in [-0.3, -0.25) is 9.69 Å². The minimum Gasteiger partial charge on any atom is -0.311 e. The summed E-state index contributed by atoms with van der Waals surface area (Å²) in [6.07, 6.45) is 1.05. The molecule has 1 spiro atoms. The van der Waals surface area contributed by atoms with Crippen molar-refractivity contribution < 1.29 is 18.0 Å². The van der Waals surface area contributed by atoms with Crippen molar-refractivity contribution in [2.45, 2.75) is 50.4 Å². The highest BCUT2D eigenvalue weighted by Gasteiger charge is 2.53. The number of rotatable bonds is 1. The number of nitrogens with one attached hydrogen (secondary N) is 1. The summed E-state index contributed by atoms with van der Waals surface area (Å²) in [5.74, 6) is 0.355. The fraction of sp³-hybridized carbons (Fsp3) is 0.625. The number of nitrogens with zero attached hydrogens (tertiary/aromatic N) is 2. The van der Waals surface area contributed by atoms with E-state index in [2.05, 4.69) is 10.3 Å². The van der Waals surface area contributed by atoms with Gasteiger partial charge >= 0.3 is 6.18 Å². The van der Waals surface area contributed by atoms with Gasteiger partial charge in [-0.15, -0.1) is 12.4 Å². The number of carbonyl (C=O) groups excluding carboxylic acids is 1. The molecule has 1 N–H and O–H groups in total. The van der Waals surface area contributed by atoms with Crippen LogP contribution in [0.2, 0.25) is 0 Å². The Morgan fingerprint density at radius 1 is 1.21 bits per heavy atom. The molecule has 0 radical (unpaired) electrons. The Morgan fingerprint density at radius 3 is 2.42 bits per heavy atom. The highest BCUT2D eigenvalue weighted by molar-refractivity contribution is 5.99. The normalized spacial score (nSPS) is 32.3. The molecule has 4 nitrogen and oxygen atoms in total. The third-order valence-electron chi connectivity index (χ3n) is 5.47. The Balaban J connectivity index is 0.00000169. The third kappa shape index (κ3) is 2.77. The van der Waals surface area contributed by atoms with Crippen molar-refractivity contribution >= 4 is 24.1 Å². The molecule has 1 aromatic heterocycles. The molecule has 1 aromatic rings. The monoisotopic (exact) mass is 361 g/mol. The van der Waals surface area contributed by atoms with Crippen LogP contribution in [0.3, 0.4) is 0 Å². The molecular formula is C16H19ClF3N3O. The first-order valence-electron chi connectivity index (χ1n) is 7.99. The lowest BCUT2D eigenvalue weighted by Gasteiger charge is -2.36. The largest absolute Gasteiger partial charge is 0.417 e. The maximum Gasteiger partial charge on any atom is 0.417 e. The fourth-order valence-corrected chi connectivity index (χ4v) is 4.38. The lowest BCUT2D eigenvalue weighted by Crippen LogP contribution is -2.48. The van der Waals surface area contributed by atoms with Crippen LogP contribution in [0.5, 0.6) is 0 Å². The quantitative estimate of drug-likeness (QED) is 0.835. The number of alkyl halides is 3. The Hall–Kier alpha value is -1.34. The molecule has 3 saturated heterocycles. The standard InChI is InChI=1S/C16H18F3N3O.ClH/c17-16(18,19)10-1-4-13(20-9-10)22-6-5-15(14(22)23)7-11-2-3-12(8-15)21-11;/h1,4,9,11-12,21H,2-3,5-8H2;1H. The van der Waals surface area contributed by atoms with Crippen LogP contribution in [0.25, 0.3) is 0 Å². The summed E-state index contributed by atoms with van der Waals surface area (Å²) < 4.78 is 37.9. The molecule has 2 unspecified atom stereocenters. The van der Waals surface area contributed by atoms with Gasteiger partial charge in [0.2, 0.25) is 5.91 Å². The number of amides is 1. The van der Waals surface area contributed by atoms with Gasteiger partial charge < -0.3 is 5.32 Å². The minimum atomic E-state index is -4.41. The number of piperidine rings is 1. The highest BCUT2D eigenvalue weighted by atomic mass is 35.5. The van der Waals surface area contributed by atoms with Crippen molar-refractivity contribution in [2.24, 2.45) is 5.41 Å². The summed E-state index contributed by atoms with van der Waals surface area (Å²) in [6, 6.07) is 3.10. The maximum absolute atomic E-state index is 12.9. The second-order valence-electron chi connectivity index (χ2n) is 6.94. The lowest BCUT2D eigenvalue weighted by atomic mass is 9.74. The van der Waals surface area contributed by atoms with E-state index in [0.29, 0.717) is 24.4 Å². The van der Waals surface area contributed by atoms with Crippen LogP contribution in [0.15, 0.2) is 18.3 Å². The van der Waals surface area contributed by atoms with E-state index in [4.69, 9.17) is 0 Å². The molecule has 1 amide bonds. The highest BCUT2D eigenvalue weighted by Crippen LogP contribution is 2.48. The first kappa shape index (κ1) is 17.5. The van der Waals surface area contributed by atoms with E-state index in [1.165, 1.54) is 6.07 Å². The second-order valence-corrected chi connectivity index (χ2v) is 6.94. The fourth-order valence-electron chi connectivity index (χ4n) is 4.38. The van der Waals surface area contributed by atoms with Crippen molar-refractivity contribution in [1.29, 1.82) is 0 Å². The van der Waals surface area contributed by atoms with Crippen molar-refractivity contribution in [2.75, 3.05) is 11.4 Å². The van der Waals surface area contributed by atoms with Gasteiger partial charge in [0.1, 0.15) is 5.82 Å². The Kier molecular flexibility index (Phi) is 4.28. The third-order valence-corrected chi connectivity index (χ3v) is 5.47. The van der Waals surface area contributed by atoms with Crippen molar-refractivity contribution in [3.63, 3.8) is 0 Å². The van der Waals surface area contributed by atoms with Gasteiger partial charge in [0.05, 0.1) is 11.0 Å². The molecule has 4 rings (SSSR count). The van der Waals surface area contributed by atoms with E-state index in [0.717, 1.165) is 44.4 Å². The Bertz CT molecular complexity index is 622. The zero-order valence-corrected chi connectivity index (χ0v) is 13.8. The molecule has 0 aliphatic carbocycles. The van der Waals surface area contributed by atoms with Crippen molar-refractivity contribution in [3.05, 3.63) is 23.9 Å². The van der Waals surface area contributed by atoms with Crippen molar-refractivity contribution in [3.8, 4) is 0 Å². The predicted octanol–water partition coefficient (Wildman–Crippen LogP) is 3.16. The first-order valence-corrected chi connectivity index (χ1v) is 7.99. The molecule has 132 valence electrons. The molecule has 3 aliphatic rings. The molecular weight excluding hydrogens is 343 g/mol. The van der Waals surface area contributed by atoms with Crippen LogP contribution in [0.1, 0.15) is 37.7 Å². The number of aromatic nitrogens is 1. The molecule has 3 aliphatic heterocycles. The van der Waals surface area contributed by atoms with Gasteiger partial charge in [-0.05, 0) is 44.2 Å². The van der Waals surface area contributed by atoms with Gasteiger partial charge in [0.25, 0.3) is 0 Å². The molecule has 4 heterocycles. The van der Waals surface area contributed by atoms with E-state index in [1.54, 1.807) is 4.90 Å². The average molecular weight is 362 g/mol. The molecule has 0 saturated carbocycles. The van der Waals surface area contributed by atoms with Gasteiger partial charge in [-0.1, -0.05) is 0 Å². The molecule has 2 atom stereocenters. The Labute approximate surface area is 144 Å². The Morgan fingerprint density at radius 2 is 1.88 bits per heavy atom. The van der Waals surface area contributed by atoms with Crippen LogP contribution in [-0.2, 0) is 11.0 Å². The number of hydrogen-bond acceptors (Lipinski definition) is 3. The van der Waals surface area contributed by atoms with E-state index in [9.17, 15) is 18.0 Å². The zero-order valence-electron chi connectivity index (χ0n) is 13.0. The molecule has 3 fully saturated rings. The lowest BCUT2D eigenvalue weighted by molar-refractivity contribution is -0.137. The van der Waals surface area contributed by atoms with Crippen LogP contribution < -0.4 is 10.2 Å². The number of pyridine rings is 1. The minimum absolute atomic E-state index is 0. The molecule has 24 heavy (non-hydrogen) atoms. The number of halogens is 4. The summed E-state index contributed by atoms with van der Waals surface area (Å²) >= 11 is 0. The zero-order chi connectivity index (χ0) is 16.2. The van der Waals surface area contributed by atoms with Gasteiger partial charge in [0.15, 0.2) is 0 Å². The maximum atomic E-state index is 12.9. The topological polar surface area (TPSA) is 45.2 Å². The number of anilines is 1. The number of carbonyl (C=O) groups is 1. The van der Waals surface area contributed by atoms with Crippen LogP contribution in [0.4, 0.5) is 19.0 Å². The molecule has 2 bridgehead atoms. The van der Waals surface area contributed by atoms with Gasteiger partial charge in [0, 0.05) is 24.8 Å². The second kappa shape index (κ2) is 5.88. The summed E-state index contributed by atoms with van der Waals surface area (Å²) in [5.41, 5.74) is -1.14. The SMILES string of the molecule is Cl.O=C1N(c2ccc(C(F)(F)F)cn2)CCC12CC1CCC(C2)N1. The number of fused-ring (bicyclic) bond motifs is 2. The summed E-state index contributed by atoms with van der Waals surface area (Å²) in [7, 11) is 0. The number of hydrogen-bond donors (Lipinski definition) is 1. The van der Waals surface area contributed by atoms with Crippen LogP contribution in [0, 0.1) is 5.41 Å². The van der Waals surface area contributed by atoms with E-state index >= 15 is 0 Å². The average Bonchev–Trinajstić information content (AvgIpc) is 3.00. The van der Waals surface area contributed by atoms with Gasteiger partial charge in [-0.2, -0.15) is 13.2 Å². The smallest absolute Gasteiger partial charge is 0.311 e. The van der Waals surface area contributed by atoms with E-state index in [-0.39, 0.29) is 23.7 Å². The van der Waals surface area contributed by atoms with Crippen LogP contribution >= 0.6 is 12.4 Å². The van der Waals surface area contributed by atoms with Crippen LogP contribution in [-0.4, -0.2) is 29.5 Å². The summed E-state index contributed by atoms with van der Waals surface area (Å²) in [4.78, 5) is 18.4. The molecule has 8 heteroatoms. The predicted molar refractivity (Wildman–Crippen MR) is 85.1 cm³/mol. The van der Waals surface area contributed by atoms with Crippen molar-refractivity contribution in [1.82, 2.24) is 10.3 Å². The van der Waals surface area contributed by atoms with E-state index in [1.807, 2.05) is 0 Å². The summed E-state index contributed by atoms with van der Waals surface area (Å²) in [5, 5.41) is 3.53. The summed E-state index contributed by atoms with van der Waals surface area (Å²) in [6.45, 7) is 0.538. The first-order chi connectivity index (χ1) is 10.9. The van der Waals surface area contributed by atoms with E-state index < -0.39 is 11.7 Å². The van der Waals surface area contributed by atoms with Gasteiger partial charge in [-0.25, -0.2) is 4.98 Å².